The molecule has 0 aromatic carbocycles. The Labute approximate surface area is 140 Å². The minimum absolute atomic E-state index is 0.00950. The van der Waals surface area contributed by atoms with Gasteiger partial charge in [0.25, 0.3) is 0 Å². The second-order valence-electron chi connectivity index (χ2n) is 6.41. The molecule has 2 aliphatic rings. The zero-order valence-corrected chi connectivity index (χ0v) is 14.0. The van der Waals surface area contributed by atoms with E-state index in [-0.39, 0.29) is 18.1 Å². The lowest BCUT2D eigenvalue weighted by atomic mass is 10.00. The molecule has 0 unspecified atom stereocenters. The molecule has 128 valence electrons. The Kier molecular flexibility index (Phi) is 3.76. The predicted octanol–water partition coefficient (Wildman–Crippen LogP) is 0.657. The summed E-state index contributed by atoms with van der Waals surface area (Å²) in [5, 5.41) is 7.56. The highest BCUT2D eigenvalue weighted by Gasteiger charge is 2.42. The molecule has 2 fully saturated rings. The molecular weight excluding hydrogens is 308 g/mol. The molecule has 0 spiro atoms. The third-order valence-electron chi connectivity index (χ3n) is 4.87. The number of piperidine rings is 1. The van der Waals surface area contributed by atoms with Crippen molar-refractivity contribution in [3.63, 3.8) is 0 Å². The van der Waals surface area contributed by atoms with Gasteiger partial charge < -0.3 is 19.9 Å². The Morgan fingerprint density at radius 3 is 3.17 bits per heavy atom. The van der Waals surface area contributed by atoms with E-state index < -0.39 is 0 Å². The van der Waals surface area contributed by atoms with E-state index in [2.05, 4.69) is 20.3 Å². The van der Waals surface area contributed by atoms with Gasteiger partial charge in [0.1, 0.15) is 5.52 Å². The Balaban J connectivity index is 1.55. The van der Waals surface area contributed by atoms with E-state index in [4.69, 9.17) is 4.74 Å². The summed E-state index contributed by atoms with van der Waals surface area (Å²) < 4.78 is 6.98. The van der Waals surface area contributed by atoms with Crippen molar-refractivity contribution in [2.75, 3.05) is 38.3 Å². The zero-order chi connectivity index (χ0) is 16.7. The SMILES string of the molecule is COCCN1C(=O)N[C@@H]2CN(c3nccn4nc(C)cc34)CC[C@@H]21. The smallest absolute Gasteiger partial charge is 0.318 e. The van der Waals surface area contributed by atoms with E-state index in [1.807, 2.05) is 28.6 Å². The third-order valence-corrected chi connectivity index (χ3v) is 4.87. The van der Waals surface area contributed by atoms with E-state index >= 15 is 0 Å². The topological polar surface area (TPSA) is 75.0 Å². The second-order valence-corrected chi connectivity index (χ2v) is 6.41. The highest BCUT2D eigenvalue weighted by atomic mass is 16.5. The molecule has 2 amide bonds. The summed E-state index contributed by atoms with van der Waals surface area (Å²) in [6, 6.07) is 2.41. The predicted molar refractivity (Wildman–Crippen MR) is 89.2 cm³/mol. The van der Waals surface area contributed by atoms with Gasteiger partial charge in [-0.1, -0.05) is 0 Å². The van der Waals surface area contributed by atoms with Crippen LogP contribution in [0.3, 0.4) is 0 Å². The first-order valence-corrected chi connectivity index (χ1v) is 8.29. The van der Waals surface area contributed by atoms with Crippen LogP contribution in [0.4, 0.5) is 10.6 Å². The van der Waals surface area contributed by atoms with Gasteiger partial charge in [0, 0.05) is 39.1 Å². The molecule has 8 nitrogen and oxygen atoms in total. The van der Waals surface area contributed by atoms with Gasteiger partial charge in [-0.15, -0.1) is 0 Å². The highest BCUT2D eigenvalue weighted by molar-refractivity contribution is 5.78. The fourth-order valence-corrected chi connectivity index (χ4v) is 3.77. The lowest BCUT2D eigenvalue weighted by Crippen LogP contribution is -2.52. The number of amides is 2. The molecule has 0 bridgehead atoms. The van der Waals surface area contributed by atoms with E-state index in [9.17, 15) is 4.79 Å². The average molecular weight is 330 g/mol. The second kappa shape index (κ2) is 5.94. The standard InChI is InChI=1S/C16H22N6O2/c1-11-9-14-15(17-4-6-22(14)19-11)20-5-3-13-12(10-20)18-16(23)21(13)7-8-24-2/h4,6,9,12-13H,3,5,7-8,10H2,1-2H3,(H,18,23)/t12-,13+/m1/s1. The maximum absolute atomic E-state index is 12.2. The van der Waals surface area contributed by atoms with Crippen molar-refractivity contribution in [1.29, 1.82) is 0 Å². The molecule has 2 aromatic heterocycles. The number of nitrogens with one attached hydrogen (secondary N) is 1. The zero-order valence-electron chi connectivity index (χ0n) is 14.0. The number of hydrogen-bond acceptors (Lipinski definition) is 5. The molecule has 1 N–H and O–H groups in total. The molecule has 2 atom stereocenters. The third kappa shape index (κ3) is 2.47. The first kappa shape index (κ1) is 15.2. The lowest BCUT2D eigenvalue weighted by molar-refractivity contribution is 0.140. The number of urea groups is 1. The van der Waals surface area contributed by atoms with Crippen molar-refractivity contribution < 1.29 is 9.53 Å². The molecule has 8 heteroatoms. The van der Waals surface area contributed by atoms with Crippen LogP contribution >= 0.6 is 0 Å². The summed E-state index contributed by atoms with van der Waals surface area (Å²) in [6.07, 6.45) is 4.56. The van der Waals surface area contributed by atoms with Crippen LogP contribution in [-0.4, -0.2) is 71.0 Å². The van der Waals surface area contributed by atoms with Crippen LogP contribution in [0.5, 0.6) is 0 Å². The maximum Gasteiger partial charge on any atom is 0.318 e. The minimum Gasteiger partial charge on any atom is -0.383 e. The van der Waals surface area contributed by atoms with E-state index in [1.165, 1.54) is 0 Å². The fourth-order valence-electron chi connectivity index (χ4n) is 3.77. The molecule has 4 heterocycles. The summed E-state index contributed by atoms with van der Waals surface area (Å²) in [4.78, 5) is 20.9. The number of aryl methyl sites for hydroxylation is 1. The summed E-state index contributed by atoms with van der Waals surface area (Å²) in [5.74, 6) is 0.932. The van der Waals surface area contributed by atoms with Crippen LogP contribution in [-0.2, 0) is 4.74 Å². The van der Waals surface area contributed by atoms with Gasteiger partial charge in [0.2, 0.25) is 0 Å². The summed E-state index contributed by atoms with van der Waals surface area (Å²) in [6.45, 7) is 4.82. The molecular formula is C16H22N6O2. The van der Waals surface area contributed by atoms with Gasteiger partial charge in [-0.2, -0.15) is 5.10 Å². The molecule has 2 saturated heterocycles. The van der Waals surface area contributed by atoms with Crippen LogP contribution in [0.2, 0.25) is 0 Å². The summed E-state index contributed by atoms with van der Waals surface area (Å²) in [7, 11) is 1.66. The van der Waals surface area contributed by atoms with Crippen molar-refractivity contribution >= 4 is 17.4 Å². The van der Waals surface area contributed by atoms with Crippen LogP contribution in [0.1, 0.15) is 12.1 Å². The van der Waals surface area contributed by atoms with Crippen LogP contribution < -0.4 is 10.2 Å². The Morgan fingerprint density at radius 2 is 2.33 bits per heavy atom. The number of anilines is 1. The number of carbonyl (C=O) groups is 1. The number of ether oxygens (including phenoxy) is 1. The fraction of sp³-hybridized carbons (Fsp3) is 0.562. The molecule has 24 heavy (non-hydrogen) atoms. The van der Waals surface area contributed by atoms with E-state index in [1.54, 1.807) is 13.3 Å². The van der Waals surface area contributed by atoms with Crippen LogP contribution in [0.25, 0.3) is 5.52 Å². The van der Waals surface area contributed by atoms with Crippen molar-refractivity contribution in [2.45, 2.75) is 25.4 Å². The van der Waals surface area contributed by atoms with Crippen LogP contribution in [0.15, 0.2) is 18.5 Å². The first-order valence-electron chi connectivity index (χ1n) is 8.29. The monoisotopic (exact) mass is 330 g/mol. The number of nitrogens with zero attached hydrogens (tertiary/aromatic N) is 5. The van der Waals surface area contributed by atoms with Crippen molar-refractivity contribution in [2.24, 2.45) is 0 Å². The van der Waals surface area contributed by atoms with E-state index in [0.717, 1.165) is 36.5 Å². The molecule has 2 aromatic rings. The maximum atomic E-state index is 12.2. The highest BCUT2D eigenvalue weighted by Crippen LogP contribution is 2.27. The number of methoxy groups -OCH3 is 1. The molecule has 0 radical (unpaired) electrons. The Hall–Kier alpha value is -2.35. The number of carbonyl (C=O) groups excluding carboxylic acids is 1. The number of hydrogen-bond donors (Lipinski definition) is 1. The minimum atomic E-state index is 0.00950. The number of aromatic nitrogens is 3. The average Bonchev–Trinajstić information content (AvgIpc) is 3.10. The summed E-state index contributed by atoms with van der Waals surface area (Å²) >= 11 is 0. The molecule has 0 aliphatic carbocycles. The van der Waals surface area contributed by atoms with Crippen molar-refractivity contribution in [3.8, 4) is 0 Å². The van der Waals surface area contributed by atoms with Crippen molar-refractivity contribution in [3.05, 3.63) is 24.2 Å². The van der Waals surface area contributed by atoms with Gasteiger partial charge in [0.15, 0.2) is 5.82 Å². The van der Waals surface area contributed by atoms with Gasteiger partial charge in [-0.3, -0.25) is 0 Å². The Bertz CT molecular complexity index is 760. The molecule has 0 saturated carbocycles. The lowest BCUT2D eigenvalue weighted by Gasteiger charge is -2.37. The largest absolute Gasteiger partial charge is 0.383 e. The molecule has 2 aliphatic heterocycles. The molecule has 4 rings (SSSR count). The normalized spacial score (nSPS) is 23.7. The van der Waals surface area contributed by atoms with Gasteiger partial charge in [-0.25, -0.2) is 14.3 Å². The quantitative estimate of drug-likeness (QED) is 0.891. The van der Waals surface area contributed by atoms with Gasteiger partial charge in [-0.05, 0) is 19.4 Å². The van der Waals surface area contributed by atoms with Crippen molar-refractivity contribution in [1.82, 2.24) is 24.8 Å². The van der Waals surface area contributed by atoms with Gasteiger partial charge >= 0.3 is 6.03 Å². The first-order chi connectivity index (χ1) is 11.7. The van der Waals surface area contributed by atoms with E-state index in [0.29, 0.717) is 13.2 Å². The number of rotatable bonds is 4. The van der Waals surface area contributed by atoms with Crippen LogP contribution in [0, 0.1) is 6.92 Å². The summed E-state index contributed by atoms with van der Waals surface area (Å²) in [5.41, 5.74) is 1.98. The number of fused-ring (bicyclic) bond motifs is 2. The van der Waals surface area contributed by atoms with Gasteiger partial charge in [0.05, 0.1) is 24.4 Å². The Morgan fingerprint density at radius 1 is 1.46 bits per heavy atom.